The maximum atomic E-state index is 13.0. The van der Waals surface area contributed by atoms with Gasteiger partial charge in [0.25, 0.3) is 0 Å². The molecule has 13 heavy (non-hydrogen) atoms. The van der Waals surface area contributed by atoms with Gasteiger partial charge in [0, 0.05) is 6.07 Å². The molecule has 0 saturated carbocycles. The Morgan fingerprint density at radius 1 is 1.46 bits per heavy atom. The fraction of sp³-hybridized carbons (Fsp3) is 0.125. The Morgan fingerprint density at radius 3 is 2.85 bits per heavy atom. The molecule has 0 fully saturated rings. The van der Waals surface area contributed by atoms with Gasteiger partial charge in [0.15, 0.2) is 29.7 Å². The first-order valence-corrected chi connectivity index (χ1v) is 3.48. The molecule has 68 valence electrons. The van der Waals surface area contributed by atoms with Crippen LogP contribution in [0.5, 0.6) is 11.5 Å². The van der Waals surface area contributed by atoms with Crippen molar-refractivity contribution in [2.24, 2.45) is 0 Å². The van der Waals surface area contributed by atoms with Gasteiger partial charge in [-0.2, -0.15) is 0 Å². The zero-order valence-electron chi connectivity index (χ0n) is 6.30. The van der Waals surface area contributed by atoms with E-state index in [1.165, 1.54) is 0 Å². The van der Waals surface area contributed by atoms with Crippen molar-refractivity contribution in [2.45, 2.75) is 0 Å². The lowest BCUT2D eigenvalue weighted by Crippen LogP contribution is -2.00. The third-order valence-electron chi connectivity index (χ3n) is 1.78. The number of Topliss-reactive ketones (excluding diaryl/α,β-unsaturated/α-hetero) is 1. The van der Waals surface area contributed by atoms with Crippen LogP contribution in [0.15, 0.2) is 6.07 Å². The van der Waals surface area contributed by atoms with Crippen LogP contribution in [0.2, 0.25) is 0 Å². The van der Waals surface area contributed by atoms with Crippen molar-refractivity contribution in [2.75, 3.05) is 6.61 Å². The van der Waals surface area contributed by atoms with Crippen molar-refractivity contribution in [3.63, 3.8) is 0 Å². The van der Waals surface area contributed by atoms with Gasteiger partial charge in [0.1, 0.15) is 5.56 Å². The summed E-state index contributed by atoms with van der Waals surface area (Å²) in [4.78, 5) is 10.9. The molecule has 0 saturated heterocycles. The minimum atomic E-state index is -1.13. The fourth-order valence-electron chi connectivity index (χ4n) is 1.20. The van der Waals surface area contributed by atoms with Gasteiger partial charge in [0.2, 0.25) is 5.78 Å². The van der Waals surface area contributed by atoms with Crippen LogP contribution in [0.1, 0.15) is 10.4 Å². The summed E-state index contributed by atoms with van der Waals surface area (Å²) in [6.45, 7) is -0.382. The Hall–Kier alpha value is -1.65. The molecule has 0 spiro atoms. The number of halogens is 2. The lowest BCUT2D eigenvalue weighted by atomic mass is 10.1. The summed E-state index contributed by atoms with van der Waals surface area (Å²) >= 11 is 0. The van der Waals surface area contributed by atoms with E-state index in [-0.39, 0.29) is 6.61 Å². The van der Waals surface area contributed by atoms with Gasteiger partial charge in [0.05, 0.1) is 0 Å². The van der Waals surface area contributed by atoms with Crippen LogP contribution in [-0.4, -0.2) is 17.5 Å². The topological polar surface area (TPSA) is 46.5 Å². The molecular formula is C8H4F2O3. The maximum absolute atomic E-state index is 13.0. The number of phenolic OH excluding ortho intramolecular Hbond substituents is 1. The Balaban J connectivity index is 2.77. The number of ether oxygens (including phenoxy) is 1. The van der Waals surface area contributed by atoms with E-state index >= 15 is 0 Å². The molecule has 0 aromatic heterocycles. The summed E-state index contributed by atoms with van der Waals surface area (Å²) in [5.41, 5.74) is -0.502. The van der Waals surface area contributed by atoms with Crippen molar-refractivity contribution >= 4 is 5.78 Å². The molecule has 0 amide bonds. The number of phenols is 1. The lowest BCUT2D eigenvalue weighted by Gasteiger charge is -2.01. The van der Waals surface area contributed by atoms with Crippen LogP contribution < -0.4 is 4.74 Å². The molecule has 1 N–H and O–H groups in total. The Labute approximate surface area is 71.6 Å². The normalized spacial score (nSPS) is 14.2. The second-order valence-corrected chi connectivity index (χ2v) is 2.61. The van der Waals surface area contributed by atoms with Gasteiger partial charge in [-0.25, -0.2) is 8.78 Å². The molecule has 1 heterocycles. The maximum Gasteiger partial charge on any atom is 0.207 e. The quantitative estimate of drug-likeness (QED) is 0.663. The molecule has 2 rings (SSSR count). The second kappa shape index (κ2) is 2.42. The molecule has 0 bridgehead atoms. The number of carbonyl (C=O) groups excluding carboxylic acids is 1. The molecule has 1 aromatic rings. The van der Waals surface area contributed by atoms with E-state index in [1.54, 1.807) is 0 Å². The standard InChI is InChI=1S/C8H4F2O3/c9-3-1-4(11)7(10)6-5(12)2-13-8(3)6/h1,11H,2H2. The van der Waals surface area contributed by atoms with Gasteiger partial charge < -0.3 is 9.84 Å². The highest BCUT2D eigenvalue weighted by Gasteiger charge is 2.30. The summed E-state index contributed by atoms with van der Waals surface area (Å²) < 4.78 is 30.5. The van der Waals surface area contributed by atoms with Crippen molar-refractivity contribution < 1.29 is 23.4 Å². The number of ketones is 1. The summed E-state index contributed by atoms with van der Waals surface area (Å²) in [7, 11) is 0. The minimum absolute atomic E-state index is 0.382. The Bertz CT molecular complexity index is 401. The van der Waals surface area contributed by atoms with Gasteiger partial charge >= 0.3 is 0 Å². The SMILES string of the molecule is O=C1COc2c(F)cc(O)c(F)c21. The van der Waals surface area contributed by atoms with Gasteiger partial charge in [-0.3, -0.25) is 4.79 Å². The number of benzene rings is 1. The van der Waals surface area contributed by atoms with E-state index in [1.807, 2.05) is 0 Å². The third-order valence-corrected chi connectivity index (χ3v) is 1.78. The average molecular weight is 186 g/mol. The molecule has 0 unspecified atom stereocenters. The molecule has 1 aliphatic heterocycles. The van der Waals surface area contributed by atoms with Crippen molar-refractivity contribution in [1.82, 2.24) is 0 Å². The highest BCUT2D eigenvalue weighted by atomic mass is 19.1. The second-order valence-electron chi connectivity index (χ2n) is 2.61. The first-order valence-electron chi connectivity index (χ1n) is 3.48. The molecule has 0 aliphatic carbocycles. The molecular weight excluding hydrogens is 182 g/mol. The van der Waals surface area contributed by atoms with E-state index in [0.717, 1.165) is 0 Å². The van der Waals surface area contributed by atoms with E-state index in [2.05, 4.69) is 4.74 Å². The zero-order chi connectivity index (χ0) is 9.59. The lowest BCUT2D eigenvalue weighted by molar-refractivity contribution is 0.0957. The van der Waals surface area contributed by atoms with Crippen molar-refractivity contribution in [3.8, 4) is 11.5 Å². The summed E-state index contributed by atoms with van der Waals surface area (Å²) in [6.07, 6.45) is 0. The first kappa shape index (κ1) is 7.97. The predicted molar refractivity (Wildman–Crippen MR) is 37.8 cm³/mol. The molecule has 1 aliphatic rings. The number of hydrogen-bond donors (Lipinski definition) is 1. The van der Waals surface area contributed by atoms with Crippen LogP contribution in [0.25, 0.3) is 0 Å². The molecule has 1 aromatic carbocycles. The smallest absolute Gasteiger partial charge is 0.207 e. The van der Waals surface area contributed by atoms with Gasteiger partial charge in [-0.1, -0.05) is 0 Å². The molecule has 0 atom stereocenters. The highest BCUT2D eigenvalue weighted by molar-refractivity contribution is 6.02. The minimum Gasteiger partial charge on any atom is -0.505 e. The third kappa shape index (κ3) is 0.965. The van der Waals surface area contributed by atoms with Crippen LogP contribution >= 0.6 is 0 Å². The number of hydrogen-bond acceptors (Lipinski definition) is 3. The molecule has 5 heteroatoms. The van der Waals surface area contributed by atoms with Gasteiger partial charge in [-0.15, -0.1) is 0 Å². The Kier molecular flexibility index (Phi) is 1.48. The fourth-order valence-corrected chi connectivity index (χ4v) is 1.20. The average Bonchev–Trinajstić information content (AvgIpc) is 2.44. The molecule has 0 radical (unpaired) electrons. The zero-order valence-corrected chi connectivity index (χ0v) is 6.30. The number of fused-ring (bicyclic) bond motifs is 1. The number of aromatic hydroxyl groups is 1. The van der Waals surface area contributed by atoms with Crippen molar-refractivity contribution in [3.05, 3.63) is 23.3 Å². The van der Waals surface area contributed by atoms with Crippen LogP contribution in [-0.2, 0) is 0 Å². The number of carbonyl (C=O) groups is 1. The van der Waals surface area contributed by atoms with Crippen molar-refractivity contribution in [1.29, 1.82) is 0 Å². The highest BCUT2D eigenvalue weighted by Crippen LogP contribution is 2.35. The monoisotopic (exact) mass is 186 g/mol. The van der Waals surface area contributed by atoms with Gasteiger partial charge in [-0.05, 0) is 0 Å². The van der Waals surface area contributed by atoms with Crippen LogP contribution in [0, 0.1) is 11.6 Å². The van der Waals surface area contributed by atoms with E-state index in [0.29, 0.717) is 6.07 Å². The van der Waals surface area contributed by atoms with E-state index in [4.69, 9.17) is 5.11 Å². The summed E-state index contributed by atoms with van der Waals surface area (Å²) in [5, 5.41) is 8.86. The molecule has 3 nitrogen and oxygen atoms in total. The Morgan fingerprint density at radius 2 is 2.15 bits per heavy atom. The van der Waals surface area contributed by atoms with Crippen LogP contribution in [0.3, 0.4) is 0 Å². The van der Waals surface area contributed by atoms with E-state index < -0.39 is 34.5 Å². The largest absolute Gasteiger partial charge is 0.505 e. The van der Waals surface area contributed by atoms with Crippen LogP contribution in [0.4, 0.5) is 8.78 Å². The first-order chi connectivity index (χ1) is 6.11. The van der Waals surface area contributed by atoms with E-state index in [9.17, 15) is 13.6 Å². The predicted octanol–water partition coefficient (Wildman–Crippen LogP) is 1.25. The summed E-state index contributed by atoms with van der Waals surface area (Å²) in [5.74, 6) is -4.02. The summed E-state index contributed by atoms with van der Waals surface area (Å²) in [6, 6.07) is 0.576. The number of rotatable bonds is 0.